The van der Waals surface area contributed by atoms with Crippen LogP contribution in [-0.4, -0.2) is 17.9 Å². The molecule has 7 heteroatoms. The fourth-order valence-electron chi connectivity index (χ4n) is 1.40. The van der Waals surface area contributed by atoms with E-state index in [2.05, 4.69) is 15.9 Å². The van der Waals surface area contributed by atoms with Gasteiger partial charge in [0, 0.05) is 10.0 Å². The Balaban J connectivity index is 2.58. The third-order valence-corrected chi connectivity index (χ3v) is 2.83. The largest absolute Gasteiger partial charge is 0.480 e. The van der Waals surface area contributed by atoms with Gasteiger partial charge in [0.15, 0.2) is 11.6 Å². The van der Waals surface area contributed by atoms with Crippen LogP contribution in [-0.2, 0) is 4.79 Å². The summed E-state index contributed by atoms with van der Waals surface area (Å²) in [5.74, 6) is -2.00. The van der Waals surface area contributed by atoms with Crippen LogP contribution in [0.5, 0.6) is 11.5 Å². The van der Waals surface area contributed by atoms with E-state index < -0.39 is 17.8 Å². The van der Waals surface area contributed by atoms with Gasteiger partial charge in [-0.1, -0.05) is 15.9 Å². The zero-order valence-corrected chi connectivity index (χ0v) is 9.45. The molecule has 2 rings (SSSR count). The lowest BCUT2D eigenvalue weighted by Crippen LogP contribution is -2.22. The Morgan fingerprint density at radius 3 is 2.94 bits per heavy atom. The monoisotopic (exact) mass is 291 g/mol. The van der Waals surface area contributed by atoms with Crippen molar-refractivity contribution in [3.05, 3.63) is 21.9 Å². The zero-order chi connectivity index (χ0) is 11.9. The molecule has 86 valence electrons. The molecule has 0 aliphatic carbocycles. The predicted octanol–water partition coefficient (Wildman–Crippen LogP) is 1.40. The molecule has 0 spiro atoms. The number of fused-ring (bicyclic) bond motifs is 1. The number of carboxylic acid groups (broad SMARTS) is 1. The molecule has 0 saturated heterocycles. The molecule has 1 aromatic rings. The van der Waals surface area contributed by atoms with E-state index in [1.165, 1.54) is 6.07 Å². The molecule has 1 unspecified atom stereocenters. The smallest absolute Gasteiger partial charge is 0.325 e. The van der Waals surface area contributed by atoms with Crippen LogP contribution >= 0.6 is 15.9 Å². The first-order valence-corrected chi connectivity index (χ1v) is 5.07. The Labute approximate surface area is 98.1 Å². The summed E-state index contributed by atoms with van der Waals surface area (Å²) < 4.78 is 24.0. The molecule has 1 aliphatic rings. The quantitative estimate of drug-likeness (QED) is 0.861. The Bertz CT molecular complexity index is 465. The molecular formula is C9H7BrFNO4. The molecule has 1 aromatic carbocycles. The van der Waals surface area contributed by atoms with Crippen molar-refractivity contribution < 1.29 is 23.8 Å². The minimum atomic E-state index is -1.45. The number of halogens is 2. The molecule has 3 N–H and O–H groups in total. The Kier molecular flexibility index (Phi) is 2.73. The summed E-state index contributed by atoms with van der Waals surface area (Å²) in [7, 11) is 0. The molecule has 1 aliphatic heterocycles. The minimum Gasteiger partial charge on any atom is -0.480 e. The molecular weight excluding hydrogens is 285 g/mol. The number of carboxylic acids is 1. The van der Waals surface area contributed by atoms with Gasteiger partial charge in [0.2, 0.25) is 12.5 Å². The van der Waals surface area contributed by atoms with Crippen molar-refractivity contribution in [2.45, 2.75) is 6.04 Å². The van der Waals surface area contributed by atoms with Crippen molar-refractivity contribution in [1.82, 2.24) is 0 Å². The van der Waals surface area contributed by atoms with Crippen LogP contribution in [0.4, 0.5) is 4.39 Å². The summed E-state index contributed by atoms with van der Waals surface area (Å²) in [6, 6.07) is -0.0207. The third kappa shape index (κ3) is 1.61. The summed E-state index contributed by atoms with van der Waals surface area (Å²) >= 11 is 3.05. The van der Waals surface area contributed by atoms with Crippen molar-refractivity contribution in [3.63, 3.8) is 0 Å². The van der Waals surface area contributed by atoms with Gasteiger partial charge in [-0.15, -0.1) is 0 Å². The number of nitrogens with two attached hydrogens (primary N) is 1. The van der Waals surface area contributed by atoms with Gasteiger partial charge < -0.3 is 20.3 Å². The molecule has 1 atom stereocenters. The van der Waals surface area contributed by atoms with Gasteiger partial charge in [0.05, 0.1) is 0 Å². The summed E-state index contributed by atoms with van der Waals surface area (Å²) in [5.41, 5.74) is 5.21. The highest BCUT2D eigenvalue weighted by atomic mass is 79.9. The topological polar surface area (TPSA) is 81.8 Å². The standard InChI is InChI=1S/C9H7BrFNO4/c10-3-1-4-8(16-2-15-4)6(11)5(3)7(12)9(13)14/h1,7H,2,12H2,(H,13,14). The van der Waals surface area contributed by atoms with Crippen molar-refractivity contribution in [2.24, 2.45) is 5.73 Å². The van der Waals surface area contributed by atoms with Crippen LogP contribution in [0, 0.1) is 5.82 Å². The van der Waals surface area contributed by atoms with Gasteiger partial charge in [-0.3, -0.25) is 4.79 Å². The number of ether oxygens (including phenoxy) is 2. The molecule has 5 nitrogen and oxygen atoms in total. The summed E-state index contributed by atoms with van der Waals surface area (Å²) in [4.78, 5) is 10.7. The molecule has 0 radical (unpaired) electrons. The fourth-order valence-corrected chi connectivity index (χ4v) is 2.02. The molecule has 0 saturated carbocycles. The maximum Gasteiger partial charge on any atom is 0.325 e. The van der Waals surface area contributed by atoms with E-state index in [1.807, 2.05) is 0 Å². The summed E-state index contributed by atoms with van der Waals surface area (Å²) in [6.45, 7) is -0.0928. The van der Waals surface area contributed by atoms with E-state index in [-0.39, 0.29) is 28.3 Å². The average Bonchev–Trinajstić information content (AvgIpc) is 2.65. The van der Waals surface area contributed by atoms with Crippen molar-refractivity contribution in [2.75, 3.05) is 6.79 Å². The number of carbonyl (C=O) groups is 1. The van der Waals surface area contributed by atoms with Crippen molar-refractivity contribution in [3.8, 4) is 11.5 Å². The van der Waals surface area contributed by atoms with Gasteiger partial charge in [0.1, 0.15) is 6.04 Å². The zero-order valence-electron chi connectivity index (χ0n) is 7.87. The number of hydrogen-bond donors (Lipinski definition) is 2. The molecule has 0 bridgehead atoms. The molecule has 0 amide bonds. The molecule has 0 aromatic heterocycles. The van der Waals surface area contributed by atoms with Gasteiger partial charge in [-0.2, -0.15) is 0 Å². The van der Waals surface area contributed by atoms with E-state index >= 15 is 0 Å². The number of benzene rings is 1. The van der Waals surface area contributed by atoms with Crippen LogP contribution in [0.1, 0.15) is 11.6 Å². The second kappa shape index (κ2) is 3.91. The van der Waals surface area contributed by atoms with E-state index in [9.17, 15) is 9.18 Å². The Hall–Kier alpha value is -1.34. The highest BCUT2D eigenvalue weighted by Gasteiger charge is 2.29. The van der Waals surface area contributed by atoms with Gasteiger partial charge in [0.25, 0.3) is 0 Å². The first-order valence-electron chi connectivity index (χ1n) is 4.28. The first kappa shape index (κ1) is 11.2. The highest BCUT2D eigenvalue weighted by Crippen LogP contribution is 2.41. The third-order valence-electron chi connectivity index (χ3n) is 2.17. The lowest BCUT2D eigenvalue weighted by molar-refractivity contribution is -0.138. The lowest BCUT2D eigenvalue weighted by atomic mass is 10.1. The van der Waals surface area contributed by atoms with Gasteiger partial charge >= 0.3 is 5.97 Å². The van der Waals surface area contributed by atoms with Crippen molar-refractivity contribution in [1.29, 1.82) is 0 Å². The second-order valence-electron chi connectivity index (χ2n) is 3.14. The van der Waals surface area contributed by atoms with Crippen molar-refractivity contribution >= 4 is 21.9 Å². The maximum absolute atomic E-state index is 13.9. The summed E-state index contributed by atoms with van der Waals surface area (Å²) in [5, 5.41) is 8.75. The van der Waals surface area contributed by atoms with Crippen LogP contribution in [0.2, 0.25) is 0 Å². The molecule has 0 fully saturated rings. The Morgan fingerprint density at radius 1 is 1.62 bits per heavy atom. The van der Waals surface area contributed by atoms with E-state index in [1.54, 1.807) is 0 Å². The van der Waals surface area contributed by atoms with E-state index in [4.69, 9.17) is 20.3 Å². The maximum atomic E-state index is 13.9. The number of hydrogen-bond acceptors (Lipinski definition) is 4. The number of aliphatic carboxylic acids is 1. The predicted molar refractivity (Wildman–Crippen MR) is 54.8 cm³/mol. The van der Waals surface area contributed by atoms with Crippen LogP contribution < -0.4 is 15.2 Å². The van der Waals surface area contributed by atoms with Crippen LogP contribution in [0.3, 0.4) is 0 Å². The highest BCUT2D eigenvalue weighted by molar-refractivity contribution is 9.10. The first-order chi connectivity index (χ1) is 7.52. The molecule has 16 heavy (non-hydrogen) atoms. The van der Waals surface area contributed by atoms with E-state index in [0.29, 0.717) is 0 Å². The fraction of sp³-hybridized carbons (Fsp3) is 0.222. The van der Waals surface area contributed by atoms with Gasteiger partial charge in [-0.05, 0) is 6.07 Å². The minimum absolute atomic E-state index is 0.0928. The second-order valence-corrected chi connectivity index (χ2v) is 3.99. The number of rotatable bonds is 2. The molecule has 1 heterocycles. The summed E-state index contributed by atoms with van der Waals surface area (Å²) in [6.07, 6.45) is 0. The van der Waals surface area contributed by atoms with Crippen LogP contribution in [0.15, 0.2) is 10.5 Å². The average molecular weight is 292 g/mol. The Morgan fingerprint density at radius 2 is 2.31 bits per heavy atom. The normalized spacial score (nSPS) is 14.9. The van der Waals surface area contributed by atoms with Crippen LogP contribution in [0.25, 0.3) is 0 Å². The van der Waals surface area contributed by atoms with Gasteiger partial charge in [-0.25, -0.2) is 4.39 Å². The van der Waals surface area contributed by atoms with E-state index in [0.717, 1.165) is 0 Å². The SMILES string of the molecule is NC(C(=O)O)c1c(Br)cc2c(c1F)OCO2. The lowest BCUT2D eigenvalue weighted by Gasteiger charge is -2.11.